The van der Waals surface area contributed by atoms with E-state index in [1.165, 1.54) is 0 Å². The molecule has 0 amide bonds. The largest absolute Gasteiger partial charge is 1.00 e. The molecule has 0 saturated heterocycles. The van der Waals surface area contributed by atoms with Crippen LogP contribution in [0.5, 0.6) is 0 Å². The zero-order chi connectivity index (χ0) is 11.4. The average molecular weight is 292 g/mol. The first-order chi connectivity index (χ1) is 6.27. The fourth-order valence-electron chi connectivity index (χ4n) is 0.409. The molecular weight excluding hydrogens is 286 g/mol. The van der Waals surface area contributed by atoms with Crippen LogP contribution in [0.25, 0.3) is 0 Å². The number of halogens is 3. The van der Waals surface area contributed by atoms with Crippen molar-refractivity contribution in [3.63, 3.8) is 0 Å². The van der Waals surface area contributed by atoms with E-state index in [1.807, 2.05) is 0 Å². The van der Waals surface area contributed by atoms with E-state index < -0.39 is 31.5 Å². The van der Waals surface area contributed by atoms with Crippen LogP contribution in [0.4, 0.5) is 13.3 Å². The summed E-state index contributed by atoms with van der Waals surface area (Å²) in [5, 5.41) is 0. The Kier molecular flexibility index (Phi) is 9.04. The molecule has 84 valence electrons. The van der Waals surface area contributed by atoms with Gasteiger partial charge in [0, 0.05) is 0 Å². The molecule has 0 aromatic carbocycles. The van der Waals surface area contributed by atoms with Crippen LogP contribution >= 0.6 is 0 Å². The van der Waals surface area contributed by atoms with Crippen molar-refractivity contribution in [2.24, 2.45) is 3.77 Å². The van der Waals surface area contributed by atoms with Gasteiger partial charge < -0.3 is 0 Å². The molecule has 0 radical (unpaired) electrons. The molecule has 0 aliphatic rings. The number of nitrogens with zero attached hydrogens (tertiary/aromatic N) is 1. The summed E-state index contributed by atoms with van der Waals surface area (Å²) in [5.41, 5.74) is 0. The Morgan fingerprint density at radius 2 is 1.87 bits per heavy atom. The second kappa shape index (κ2) is 7.37. The summed E-state index contributed by atoms with van der Waals surface area (Å²) < 4.78 is 71.6. The number of rotatable bonds is 5. The van der Waals surface area contributed by atoms with Crippen molar-refractivity contribution in [2.75, 3.05) is 5.75 Å². The summed E-state index contributed by atoms with van der Waals surface area (Å²) in [6.45, 7) is 2.99. The topological polar surface area (TPSA) is 72.8 Å². The van der Waals surface area contributed by atoms with Gasteiger partial charge in [-0.05, 0) is 4.53 Å². The van der Waals surface area contributed by atoms with Gasteiger partial charge in [0.05, 0.1) is 5.75 Å². The number of hydrogen-bond acceptors (Lipinski definition) is 4. The Morgan fingerprint density at radius 1 is 1.40 bits per heavy atom. The first kappa shape index (κ1) is 18.4. The van der Waals surface area contributed by atoms with Crippen LogP contribution in [0.15, 0.2) is 16.4 Å². The van der Waals surface area contributed by atoms with Crippen molar-refractivity contribution in [1.29, 1.82) is 0 Å². The molecule has 0 aromatic heterocycles. The molecule has 5 nitrogen and oxygen atoms in total. The van der Waals surface area contributed by atoms with Gasteiger partial charge in [0.1, 0.15) is 0 Å². The third-order valence-corrected chi connectivity index (χ3v) is 3.89. The Balaban J connectivity index is 0. The molecule has 1 atom stereocenters. The maximum atomic E-state index is 11.8. The van der Waals surface area contributed by atoms with Gasteiger partial charge in [-0.25, -0.2) is 12.6 Å². The van der Waals surface area contributed by atoms with Gasteiger partial charge in [0.2, 0.25) is 0 Å². The second-order valence-electron chi connectivity index (χ2n) is 1.95. The zero-order valence-electron chi connectivity index (χ0n) is 7.60. The summed E-state index contributed by atoms with van der Waals surface area (Å²) in [6.07, 6.45) is 0.822. The molecule has 0 aliphatic carbocycles. The van der Waals surface area contributed by atoms with Gasteiger partial charge in [-0.2, -0.15) is 8.78 Å². The summed E-state index contributed by atoms with van der Waals surface area (Å²) in [7, 11) is -9.59. The fraction of sp³-hybridized carbons (Fsp3) is 0.500. The summed E-state index contributed by atoms with van der Waals surface area (Å²) in [6, 6.07) is 0. The Hall–Kier alpha value is 1.03. The summed E-state index contributed by atoms with van der Waals surface area (Å²) in [4.78, 5) is 0. The van der Waals surface area contributed by atoms with Crippen molar-refractivity contribution >= 4 is 20.0 Å². The second-order valence-corrected chi connectivity index (χ2v) is 5.56. The molecule has 0 spiro atoms. The summed E-state index contributed by atoms with van der Waals surface area (Å²) >= 11 is 0. The van der Waals surface area contributed by atoms with E-state index in [0.29, 0.717) is 0 Å². The van der Waals surface area contributed by atoms with E-state index in [1.54, 1.807) is 0 Å². The molecule has 0 fully saturated rings. The van der Waals surface area contributed by atoms with Crippen LogP contribution in [0.1, 0.15) is 0 Å². The molecule has 15 heavy (non-hydrogen) atoms. The minimum Gasteiger partial charge on any atom is -0.211 e. The van der Waals surface area contributed by atoms with E-state index in [0.717, 1.165) is 6.08 Å². The summed E-state index contributed by atoms with van der Waals surface area (Å²) in [5.74, 6) is -4.69. The van der Waals surface area contributed by atoms with E-state index in [4.69, 9.17) is 0 Å². The molecule has 0 aliphatic heterocycles. The standard InChI is InChI=1S/C4H6F3NO4S2.K/c1-2-3-13(9,10)8-14(11,12-7)4(5)6;/h2,4H,1,3H2;/q;+1. The zero-order valence-corrected chi connectivity index (χ0v) is 12.4. The maximum Gasteiger partial charge on any atom is 1.00 e. The van der Waals surface area contributed by atoms with Gasteiger partial charge >= 0.3 is 57.1 Å². The number of sulfonamides is 1. The van der Waals surface area contributed by atoms with Crippen molar-refractivity contribution in [3.8, 4) is 0 Å². The van der Waals surface area contributed by atoms with Gasteiger partial charge in [-0.3, -0.25) is 0 Å². The SMILES string of the molecule is C=CCS(=O)(=O)N=S(=O)(OF)C(F)F.[K+]. The Labute approximate surface area is 128 Å². The van der Waals surface area contributed by atoms with E-state index in [2.05, 4.69) is 14.7 Å². The van der Waals surface area contributed by atoms with Gasteiger partial charge in [0.25, 0.3) is 20.0 Å². The predicted octanol–water partition coefficient (Wildman–Crippen LogP) is -1.99. The monoisotopic (exact) mass is 292 g/mol. The third-order valence-electron chi connectivity index (χ3n) is 0.861. The van der Waals surface area contributed by atoms with E-state index in [-0.39, 0.29) is 51.4 Å². The molecular formula is C4H6F3KNO4S2+. The third kappa shape index (κ3) is 6.36. The Bertz CT molecular complexity index is 414. The van der Waals surface area contributed by atoms with Crippen LogP contribution < -0.4 is 51.4 Å². The minimum atomic E-state index is -5.13. The normalized spacial score (nSPS) is 15.2. The number of hydrogen-bond donors (Lipinski definition) is 0. The van der Waals surface area contributed by atoms with Crippen LogP contribution in [0.2, 0.25) is 0 Å². The minimum absolute atomic E-state index is 0. The van der Waals surface area contributed by atoms with Gasteiger partial charge in [-0.1, -0.05) is 14.2 Å². The predicted molar refractivity (Wildman–Crippen MR) is 42.8 cm³/mol. The molecule has 11 heteroatoms. The first-order valence-electron chi connectivity index (χ1n) is 2.96. The van der Waals surface area contributed by atoms with Crippen molar-refractivity contribution in [3.05, 3.63) is 12.7 Å². The van der Waals surface area contributed by atoms with E-state index >= 15 is 0 Å². The molecule has 0 heterocycles. The molecule has 0 rings (SSSR count). The van der Waals surface area contributed by atoms with Crippen LogP contribution in [0.3, 0.4) is 0 Å². The van der Waals surface area contributed by atoms with Crippen LogP contribution in [-0.2, 0) is 24.4 Å². The van der Waals surface area contributed by atoms with Crippen molar-refractivity contribution < 1.29 is 81.7 Å². The first-order valence-corrected chi connectivity index (χ1v) is 6.08. The molecule has 1 unspecified atom stereocenters. The Morgan fingerprint density at radius 3 is 2.13 bits per heavy atom. The smallest absolute Gasteiger partial charge is 0.211 e. The molecule has 0 bridgehead atoms. The molecule has 0 saturated carbocycles. The van der Waals surface area contributed by atoms with Gasteiger partial charge in [0.15, 0.2) is 0 Å². The fourth-order valence-corrected chi connectivity index (χ4v) is 2.62. The quantitative estimate of drug-likeness (QED) is 0.434. The molecule has 0 N–H and O–H groups in total. The maximum absolute atomic E-state index is 11.8. The van der Waals surface area contributed by atoms with Crippen molar-refractivity contribution in [1.82, 2.24) is 0 Å². The van der Waals surface area contributed by atoms with Crippen LogP contribution in [0, 0.1) is 0 Å². The van der Waals surface area contributed by atoms with E-state index in [9.17, 15) is 25.9 Å². The molecule has 0 aromatic rings. The average Bonchev–Trinajstić information content (AvgIpc) is 2.02. The number of alkyl halides is 2. The van der Waals surface area contributed by atoms with Gasteiger partial charge in [-0.15, -0.1) is 6.58 Å². The van der Waals surface area contributed by atoms with Crippen molar-refractivity contribution in [2.45, 2.75) is 5.76 Å². The van der Waals surface area contributed by atoms with Crippen LogP contribution in [-0.4, -0.2) is 24.1 Å².